The maximum Gasteiger partial charge on any atom is 0.359 e. The molecule has 0 unspecified atom stereocenters. The van der Waals surface area contributed by atoms with Crippen molar-refractivity contribution in [2.75, 3.05) is 41.1 Å². The number of benzene rings is 1. The summed E-state index contributed by atoms with van der Waals surface area (Å²) in [6.07, 6.45) is 5.93. The zero-order valence-electron chi connectivity index (χ0n) is 27.2. The molecule has 2 aromatic rings. The van der Waals surface area contributed by atoms with Crippen molar-refractivity contribution in [3.8, 4) is 0 Å². The molecule has 15 nitrogen and oxygen atoms in total. The van der Waals surface area contributed by atoms with Crippen LogP contribution >= 0.6 is 0 Å². The molecule has 256 valence electrons. The Morgan fingerprint density at radius 3 is 1.82 bits per heavy atom. The van der Waals surface area contributed by atoms with Crippen molar-refractivity contribution in [2.45, 2.75) is 46.5 Å². The molecule has 2 aliphatic rings. The van der Waals surface area contributed by atoms with Crippen molar-refractivity contribution >= 4 is 58.6 Å². The number of rotatable bonds is 12. The number of nitrogens with one attached hydrogen (secondary N) is 4. The van der Waals surface area contributed by atoms with E-state index in [4.69, 9.17) is 14.2 Å². The van der Waals surface area contributed by atoms with Crippen molar-refractivity contribution < 1.29 is 43.0 Å². The first kappa shape index (κ1) is 35.7. The minimum Gasteiger partial charge on any atom is -0.463 e. The molecule has 0 aliphatic heterocycles. The second-order valence-corrected chi connectivity index (χ2v) is 10.5. The van der Waals surface area contributed by atoms with Gasteiger partial charge in [0, 0.05) is 30.7 Å². The molecule has 0 fully saturated rings. The molecule has 2 aliphatic carbocycles. The van der Waals surface area contributed by atoms with Crippen molar-refractivity contribution in [1.82, 2.24) is 9.97 Å². The van der Waals surface area contributed by atoms with E-state index >= 15 is 0 Å². The van der Waals surface area contributed by atoms with Gasteiger partial charge in [0.25, 0.3) is 0 Å². The molecule has 0 saturated carbocycles. The summed E-state index contributed by atoms with van der Waals surface area (Å²) in [5.74, 6) is -3.20. The van der Waals surface area contributed by atoms with Gasteiger partial charge in [-0.05, 0) is 45.7 Å². The van der Waals surface area contributed by atoms with Gasteiger partial charge in [-0.3, -0.25) is 9.59 Å². The van der Waals surface area contributed by atoms with E-state index in [1.165, 1.54) is 18.2 Å². The van der Waals surface area contributed by atoms with Gasteiger partial charge in [-0.1, -0.05) is 41.5 Å². The average Bonchev–Trinajstić information content (AvgIpc) is 3.05. The second-order valence-electron chi connectivity index (χ2n) is 10.5. The number of ether oxygens (including phenoxy) is 3. The molecule has 4 N–H and O–H groups in total. The summed E-state index contributed by atoms with van der Waals surface area (Å²) in [6, 6.07) is 7.78. The largest absolute Gasteiger partial charge is 0.463 e. The lowest BCUT2D eigenvalue weighted by Crippen LogP contribution is -2.26. The van der Waals surface area contributed by atoms with Crippen molar-refractivity contribution in [1.29, 1.82) is 0 Å². The summed E-state index contributed by atoms with van der Waals surface area (Å²) in [7, 11) is 0. The molecule has 15 heteroatoms. The van der Waals surface area contributed by atoms with Crippen LogP contribution in [0.4, 0.5) is 27.9 Å². The highest BCUT2D eigenvalue weighted by molar-refractivity contribution is 6.09. The highest BCUT2D eigenvalue weighted by atomic mass is 16.5. The van der Waals surface area contributed by atoms with Gasteiger partial charge in [0.1, 0.15) is 5.69 Å². The van der Waals surface area contributed by atoms with Crippen molar-refractivity contribution in [3.63, 3.8) is 0 Å². The number of carbonyl (C=O) groups is 6. The smallest absolute Gasteiger partial charge is 0.359 e. The number of urea groups is 1. The maximum absolute atomic E-state index is 13.2. The Morgan fingerprint density at radius 1 is 0.735 bits per heavy atom. The fourth-order valence-corrected chi connectivity index (χ4v) is 4.72. The van der Waals surface area contributed by atoms with Gasteiger partial charge in [-0.15, -0.1) is 0 Å². The number of para-hydroxylation sites is 1. The molecule has 0 bridgehead atoms. The van der Waals surface area contributed by atoms with Crippen molar-refractivity contribution in [3.05, 3.63) is 82.9 Å². The predicted octanol–water partition coefficient (Wildman–Crippen LogP) is 4.59. The Kier molecular flexibility index (Phi) is 12.5. The molecule has 0 atom stereocenters. The average molecular weight is 673 g/mol. The number of Topliss-reactive ketones (excluding diaryl/α,β-unsaturated/α-hetero) is 2. The number of ketones is 2. The zero-order valence-corrected chi connectivity index (χ0v) is 27.2. The van der Waals surface area contributed by atoms with Gasteiger partial charge < -0.3 is 35.5 Å². The van der Waals surface area contributed by atoms with Crippen LogP contribution in [0, 0.1) is 0 Å². The molecule has 0 radical (unpaired) electrons. The molecule has 4 rings (SSSR count). The van der Waals surface area contributed by atoms with E-state index in [1.807, 2.05) is 0 Å². The van der Waals surface area contributed by atoms with E-state index in [0.29, 0.717) is 16.8 Å². The number of hydrogen-bond donors (Lipinski definition) is 4. The van der Waals surface area contributed by atoms with Gasteiger partial charge in [0.2, 0.25) is 5.95 Å². The normalized spacial score (nSPS) is 15.9. The Morgan fingerprint density at radius 2 is 1.29 bits per heavy atom. The van der Waals surface area contributed by atoms with Gasteiger partial charge in [0.05, 0.1) is 31.2 Å². The molecular weight excluding hydrogens is 636 g/mol. The standard InChI is InChI=1S/C34H36N6O9/c1-4-47-27(43)18-20-12-14-23(25(41)16-20)36-31-29(39-34(46)35-22-10-8-7-9-11-22)30(32(45)49-6-3)38-33(40-31)37-24-15-13-21(17-26(24)42)19-28(44)48-5-2/h7-11,14-15,18-19H,4-6,12-13,16-17H2,1-3H3,(H2,35,39,46)(H2,36,37,38,40). The van der Waals surface area contributed by atoms with Crippen LogP contribution < -0.4 is 21.3 Å². The van der Waals surface area contributed by atoms with Crippen molar-refractivity contribution in [2.24, 2.45) is 0 Å². The summed E-state index contributed by atoms with van der Waals surface area (Å²) in [6.45, 7) is 5.30. The van der Waals surface area contributed by atoms with E-state index in [-0.39, 0.29) is 85.8 Å². The lowest BCUT2D eigenvalue weighted by atomic mass is 9.97. The fraction of sp³-hybridized carbons (Fsp3) is 0.294. The first-order chi connectivity index (χ1) is 23.6. The zero-order chi connectivity index (χ0) is 35.3. The fourth-order valence-electron chi connectivity index (χ4n) is 4.72. The van der Waals surface area contributed by atoms with Gasteiger partial charge in [-0.25, -0.2) is 24.2 Å². The van der Waals surface area contributed by atoms with E-state index in [0.717, 1.165) is 0 Å². The molecule has 1 heterocycles. The minimum atomic E-state index is -0.918. The number of amides is 2. The third-order valence-corrected chi connectivity index (χ3v) is 6.88. The minimum absolute atomic E-state index is 0.0254. The lowest BCUT2D eigenvalue weighted by molar-refractivity contribution is -0.138. The van der Waals surface area contributed by atoms with E-state index in [2.05, 4.69) is 31.2 Å². The third-order valence-electron chi connectivity index (χ3n) is 6.88. The maximum atomic E-state index is 13.2. The molecule has 1 aromatic carbocycles. The lowest BCUT2D eigenvalue weighted by Gasteiger charge is -2.21. The van der Waals surface area contributed by atoms with Crippen LogP contribution in [0.25, 0.3) is 0 Å². The Balaban J connectivity index is 1.72. The highest BCUT2D eigenvalue weighted by Crippen LogP contribution is 2.31. The predicted molar refractivity (Wildman–Crippen MR) is 178 cm³/mol. The topological polar surface area (TPSA) is 204 Å². The molecule has 49 heavy (non-hydrogen) atoms. The summed E-state index contributed by atoms with van der Waals surface area (Å²) in [5, 5.41) is 11.0. The van der Waals surface area contributed by atoms with Crippen LogP contribution in [-0.4, -0.2) is 65.3 Å². The van der Waals surface area contributed by atoms with Crippen LogP contribution in [0.15, 0.2) is 77.2 Å². The highest BCUT2D eigenvalue weighted by Gasteiger charge is 2.28. The summed E-state index contributed by atoms with van der Waals surface area (Å²) >= 11 is 0. The summed E-state index contributed by atoms with van der Waals surface area (Å²) in [5.41, 5.74) is 1.14. The van der Waals surface area contributed by atoms with E-state index in [1.54, 1.807) is 57.2 Å². The molecule has 2 amide bonds. The molecular formula is C34H36N6O9. The van der Waals surface area contributed by atoms with Gasteiger partial charge in [-0.2, -0.15) is 4.98 Å². The third kappa shape index (κ3) is 10.2. The number of hydrogen-bond acceptors (Lipinski definition) is 13. The summed E-state index contributed by atoms with van der Waals surface area (Å²) in [4.78, 5) is 85.0. The number of anilines is 4. The van der Waals surface area contributed by atoms with Crippen LogP contribution in [-0.2, 0) is 33.4 Å². The molecule has 1 aromatic heterocycles. The number of nitrogens with zero attached hydrogens (tertiary/aromatic N) is 2. The quantitative estimate of drug-likeness (QED) is 0.139. The van der Waals surface area contributed by atoms with Crippen LogP contribution in [0.5, 0.6) is 0 Å². The Labute approximate surface area is 281 Å². The van der Waals surface area contributed by atoms with E-state index in [9.17, 15) is 28.8 Å². The number of aromatic nitrogens is 2. The van der Waals surface area contributed by atoms with E-state index < -0.39 is 29.7 Å². The molecule has 0 spiro atoms. The SMILES string of the molecule is CCOC(=O)C=C1CC=C(Nc2nc(NC3=CCC(=CC(=O)OCC)CC3=O)c(NC(=O)Nc3ccccc3)c(C(=O)OCC)n2)C(=O)C1. The molecule has 0 saturated heterocycles. The Hall–Kier alpha value is -6.12. The Bertz CT molecular complexity index is 1760. The first-order valence-electron chi connectivity index (χ1n) is 15.5. The summed E-state index contributed by atoms with van der Waals surface area (Å²) < 4.78 is 15.1. The second kappa shape index (κ2) is 17.2. The first-order valence-corrected chi connectivity index (χ1v) is 15.5. The number of carbonyl (C=O) groups excluding carboxylic acids is 6. The van der Waals surface area contributed by atoms with Crippen LogP contribution in [0.3, 0.4) is 0 Å². The number of esters is 3. The monoisotopic (exact) mass is 672 g/mol. The van der Waals surface area contributed by atoms with Crippen LogP contribution in [0.1, 0.15) is 56.9 Å². The van der Waals surface area contributed by atoms with Gasteiger partial charge >= 0.3 is 23.9 Å². The van der Waals surface area contributed by atoms with Gasteiger partial charge in [0.15, 0.2) is 23.1 Å². The number of allylic oxidation sites excluding steroid dienone is 6. The van der Waals surface area contributed by atoms with Crippen LogP contribution in [0.2, 0.25) is 0 Å².